The van der Waals surface area contributed by atoms with Gasteiger partial charge in [-0.05, 0) is 12.8 Å². The number of carbonyl (C=O) groups is 1. The van der Waals surface area contributed by atoms with Crippen LogP contribution < -0.4 is 5.32 Å². The molecule has 2 amide bonds. The molecule has 7 heteroatoms. The Hall–Kier alpha value is -0.980. The molecule has 1 heterocycles. The van der Waals surface area contributed by atoms with E-state index in [9.17, 15) is 18.0 Å². The molecular weight excluding hydrogens is 225 g/mol. The SMILES string of the molecule is CN(C(=O)NCC(F)(F)F)C1CCOCC1. The zero-order valence-electron chi connectivity index (χ0n) is 9.01. The number of nitrogens with zero attached hydrogens (tertiary/aromatic N) is 1. The number of amides is 2. The minimum absolute atomic E-state index is 0.0398. The molecule has 0 aliphatic carbocycles. The molecule has 1 fully saturated rings. The number of hydrogen-bond acceptors (Lipinski definition) is 2. The molecule has 0 radical (unpaired) electrons. The highest BCUT2D eigenvalue weighted by Crippen LogP contribution is 2.14. The van der Waals surface area contributed by atoms with Crippen LogP contribution >= 0.6 is 0 Å². The number of urea groups is 1. The lowest BCUT2D eigenvalue weighted by atomic mass is 10.1. The lowest BCUT2D eigenvalue weighted by Crippen LogP contribution is -2.47. The Morgan fingerprint density at radius 2 is 2.00 bits per heavy atom. The highest BCUT2D eigenvalue weighted by molar-refractivity contribution is 5.74. The molecule has 1 aliphatic rings. The number of nitrogens with one attached hydrogen (secondary N) is 1. The van der Waals surface area contributed by atoms with E-state index in [-0.39, 0.29) is 6.04 Å². The summed E-state index contributed by atoms with van der Waals surface area (Å²) in [6.45, 7) is -0.206. The summed E-state index contributed by atoms with van der Waals surface area (Å²) in [7, 11) is 1.50. The Kier molecular flexibility index (Phi) is 4.40. The van der Waals surface area contributed by atoms with Gasteiger partial charge in [0.15, 0.2) is 0 Å². The fourth-order valence-electron chi connectivity index (χ4n) is 1.54. The van der Waals surface area contributed by atoms with E-state index in [0.717, 1.165) is 0 Å². The maximum atomic E-state index is 11.9. The summed E-state index contributed by atoms with van der Waals surface area (Å²) in [6.07, 6.45) is -3.04. The Bertz CT molecular complexity index is 239. The van der Waals surface area contributed by atoms with Crippen LogP contribution in [-0.4, -0.2) is 50.0 Å². The summed E-state index contributed by atoms with van der Waals surface area (Å²) in [6, 6.07) is -0.730. The Morgan fingerprint density at radius 1 is 1.44 bits per heavy atom. The van der Waals surface area contributed by atoms with Gasteiger partial charge >= 0.3 is 12.2 Å². The van der Waals surface area contributed by atoms with Gasteiger partial charge in [0.2, 0.25) is 0 Å². The van der Waals surface area contributed by atoms with Crippen LogP contribution in [0.5, 0.6) is 0 Å². The molecule has 0 saturated carbocycles. The van der Waals surface area contributed by atoms with Crippen molar-refractivity contribution in [3.8, 4) is 0 Å². The quantitative estimate of drug-likeness (QED) is 0.792. The van der Waals surface area contributed by atoms with Gasteiger partial charge in [-0.15, -0.1) is 0 Å². The number of hydrogen-bond donors (Lipinski definition) is 1. The van der Waals surface area contributed by atoms with Gasteiger partial charge in [-0.3, -0.25) is 0 Å². The molecule has 0 atom stereocenters. The number of halogens is 3. The second-order valence-corrected chi connectivity index (χ2v) is 3.73. The molecule has 0 unspecified atom stereocenters. The Balaban J connectivity index is 2.34. The van der Waals surface area contributed by atoms with Crippen LogP contribution in [0.2, 0.25) is 0 Å². The van der Waals surface area contributed by atoms with E-state index in [1.807, 2.05) is 5.32 Å². The van der Waals surface area contributed by atoms with Crippen molar-refractivity contribution in [3.63, 3.8) is 0 Å². The molecule has 0 spiro atoms. The average Bonchev–Trinajstić information content (AvgIpc) is 2.25. The van der Waals surface area contributed by atoms with Gasteiger partial charge in [0.05, 0.1) is 0 Å². The molecule has 0 bridgehead atoms. The van der Waals surface area contributed by atoms with Crippen molar-refractivity contribution < 1.29 is 22.7 Å². The average molecular weight is 240 g/mol. The maximum Gasteiger partial charge on any atom is 0.405 e. The molecule has 1 N–H and O–H groups in total. The van der Waals surface area contributed by atoms with Gasteiger partial charge < -0.3 is 15.0 Å². The standard InChI is InChI=1S/C9H15F3N2O2/c1-14(7-2-4-16-5-3-7)8(15)13-6-9(10,11)12/h7H,2-6H2,1H3,(H,13,15). The third-order valence-electron chi connectivity index (χ3n) is 2.50. The largest absolute Gasteiger partial charge is 0.405 e. The maximum absolute atomic E-state index is 11.9. The van der Waals surface area contributed by atoms with Crippen molar-refractivity contribution in [3.05, 3.63) is 0 Å². The monoisotopic (exact) mass is 240 g/mol. The lowest BCUT2D eigenvalue weighted by Gasteiger charge is -2.31. The summed E-state index contributed by atoms with van der Waals surface area (Å²) in [4.78, 5) is 12.7. The molecule has 4 nitrogen and oxygen atoms in total. The fourth-order valence-corrected chi connectivity index (χ4v) is 1.54. The number of carbonyl (C=O) groups excluding carboxylic acids is 1. The van der Waals surface area contributed by atoms with E-state index in [1.54, 1.807) is 0 Å². The van der Waals surface area contributed by atoms with E-state index in [2.05, 4.69) is 0 Å². The summed E-state index contributed by atoms with van der Waals surface area (Å²) in [5.74, 6) is 0. The topological polar surface area (TPSA) is 41.6 Å². The highest BCUT2D eigenvalue weighted by atomic mass is 19.4. The summed E-state index contributed by atoms with van der Waals surface area (Å²) in [5, 5.41) is 1.84. The van der Waals surface area contributed by atoms with E-state index in [1.165, 1.54) is 11.9 Å². The van der Waals surface area contributed by atoms with E-state index in [4.69, 9.17) is 4.74 Å². The minimum Gasteiger partial charge on any atom is -0.381 e. The smallest absolute Gasteiger partial charge is 0.381 e. The van der Waals surface area contributed by atoms with Gasteiger partial charge in [0.25, 0.3) is 0 Å². The van der Waals surface area contributed by atoms with Gasteiger partial charge in [0.1, 0.15) is 6.54 Å². The van der Waals surface area contributed by atoms with E-state index >= 15 is 0 Å². The first-order valence-corrected chi connectivity index (χ1v) is 5.05. The van der Waals surface area contributed by atoms with Crippen LogP contribution in [0.3, 0.4) is 0 Å². The van der Waals surface area contributed by atoms with Crippen LogP contribution in [0.25, 0.3) is 0 Å². The van der Waals surface area contributed by atoms with Gasteiger partial charge in [-0.25, -0.2) is 4.79 Å². The van der Waals surface area contributed by atoms with Gasteiger partial charge in [-0.1, -0.05) is 0 Å². The molecule has 0 aromatic heterocycles. The first kappa shape index (κ1) is 13.1. The zero-order chi connectivity index (χ0) is 12.2. The van der Waals surface area contributed by atoms with Crippen molar-refractivity contribution >= 4 is 6.03 Å². The normalized spacial score (nSPS) is 18.2. The van der Waals surface area contributed by atoms with Crippen LogP contribution in [0, 0.1) is 0 Å². The molecule has 1 saturated heterocycles. The minimum atomic E-state index is -4.37. The second kappa shape index (κ2) is 5.38. The number of rotatable bonds is 2. The predicted octanol–water partition coefficient (Wildman–Crippen LogP) is 1.37. The van der Waals surface area contributed by atoms with Crippen LogP contribution in [0.1, 0.15) is 12.8 Å². The number of ether oxygens (including phenoxy) is 1. The Morgan fingerprint density at radius 3 is 2.50 bits per heavy atom. The molecule has 1 aliphatic heterocycles. The van der Waals surface area contributed by atoms with Gasteiger partial charge in [0, 0.05) is 26.3 Å². The van der Waals surface area contributed by atoms with Crippen LogP contribution in [0.15, 0.2) is 0 Å². The third-order valence-corrected chi connectivity index (χ3v) is 2.50. The Labute approximate surface area is 91.7 Å². The number of alkyl halides is 3. The fraction of sp³-hybridized carbons (Fsp3) is 0.889. The summed E-state index contributed by atoms with van der Waals surface area (Å²) < 4.78 is 40.7. The summed E-state index contributed by atoms with van der Waals surface area (Å²) in [5.41, 5.74) is 0. The third kappa shape index (κ3) is 4.26. The first-order valence-electron chi connectivity index (χ1n) is 5.05. The highest BCUT2D eigenvalue weighted by Gasteiger charge is 2.29. The van der Waals surface area contributed by atoms with Crippen LogP contribution in [-0.2, 0) is 4.74 Å². The van der Waals surface area contributed by atoms with Crippen molar-refractivity contribution in [1.82, 2.24) is 10.2 Å². The van der Waals surface area contributed by atoms with Crippen molar-refractivity contribution in [2.45, 2.75) is 25.1 Å². The molecule has 0 aromatic rings. The first-order chi connectivity index (χ1) is 7.40. The molecule has 0 aromatic carbocycles. The van der Waals surface area contributed by atoms with Crippen LogP contribution in [0.4, 0.5) is 18.0 Å². The summed E-state index contributed by atoms with van der Waals surface area (Å²) >= 11 is 0. The molecule has 94 valence electrons. The van der Waals surface area contributed by atoms with Gasteiger partial charge in [-0.2, -0.15) is 13.2 Å². The van der Waals surface area contributed by atoms with Crippen molar-refractivity contribution in [2.24, 2.45) is 0 Å². The van der Waals surface area contributed by atoms with E-state index < -0.39 is 18.8 Å². The zero-order valence-corrected chi connectivity index (χ0v) is 9.01. The second-order valence-electron chi connectivity index (χ2n) is 3.73. The molecule has 1 rings (SSSR count). The molecule has 16 heavy (non-hydrogen) atoms. The van der Waals surface area contributed by atoms with Crippen molar-refractivity contribution in [1.29, 1.82) is 0 Å². The lowest BCUT2D eigenvalue weighted by molar-refractivity contribution is -0.123. The van der Waals surface area contributed by atoms with Crippen molar-refractivity contribution in [2.75, 3.05) is 26.8 Å². The molecular formula is C9H15F3N2O2. The van der Waals surface area contributed by atoms with E-state index in [0.29, 0.717) is 26.1 Å². The predicted molar refractivity (Wildman–Crippen MR) is 51.1 cm³/mol.